The number of hydrogen-bond acceptors (Lipinski definition) is 5. The zero-order valence-corrected chi connectivity index (χ0v) is 14.5. The molecule has 0 radical (unpaired) electrons. The van der Waals surface area contributed by atoms with Crippen molar-refractivity contribution in [2.24, 2.45) is 0 Å². The lowest BCUT2D eigenvalue weighted by Gasteiger charge is -2.11. The second kappa shape index (κ2) is 7.47. The Hall–Kier alpha value is -3.03. The van der Waals surface area contributed by atoms with Crippen LogP contribution in [0.5, 0.6) is 0 Å². The lowest BCUT2D eigenvalue weighted by Crippen LogP contribution is -2.33. The van der Waals surface area contributed by atoms with Crippen molar-refractivity contribution in [2.75, 3.05) is 0 Å². The van der Waals surface area contributed by atoms with Crippen LogP contribution >= 0.6 is 0 Å². The van der Waals surface area contributed by atoms with Crippen molar-refractivity contribution < 1.29 is 13.7 Å². The molecule has 0 spiro atoms. The Morgan fingerprint density at radius 3 is 2.77 bits per heavy atom. The number of carbonyl (C=O) groups excluding carboxylic acids is 1. The molecule has 1 aromatic carbocycles. The maximum atomic E-state index is 13.1. The van der Waals surface area contributed by atoms with E-state index in [1.807, 2.05) is 13.8 Å². The summed E-state index contributed by atoms with van der Waals surface area (Å²) in [5.41, 5.74) is 0.879. The molecule has 2 heterocycles. The third kappa shape index (κ3) is 3.63. The van der Waals surface area contributed by atoms with E-state index in [4.69, 9.17) is 4.52 Å². The molecule has 0 aliphatic rings. The fraction of sp³-hybridized carbons (Fsp3) is 0.333. The summed E-state index contributed by atoms with van der Waals surface area (Å²) in [6.07, 6.45) is 2.37. The van der Waals surface area contributed by atoms with Gasteiger partial charge in [0.25, 0.3) is 11.1 Å². The number of aryl methyl sites for hydroxylation is 1. The Bertz CT molecular complexity index is 978. The third-order valence-electron chi connectivity index (χ3n) is 4.17. The Labute approximate surface area is 148 Å². The summed E-state index contributed by atoms with van der Waals surface area (Å²) in [6, 6.07) is 5.77. The van der Waals surface area contributed by atoms with E-state index in [1.54, 1.807) is 12.1 Å². The molecule has 3 rings (SSSR count). The first kappa shape index (κ1) is 17.8. The van der Waals surface area contributed by atoms with Gasteiger partial charge >= 0.3 is 0 Å². The fourth-order valence-corrected chi connectivity index (χ4v) is 2.48. The number of fused-ring (bicyclic) bond motifs is 1. The monoisotopic (exact) mass is 358 g/mol. The number of hydrogen-bond donors (Lipinski definition) is 1. The lowest BCUT2D eigenvalue weighted by molar-refractivity contribution is -0.121. The predicted molar refractivity (Wildman–Crippen MR) is 94.0 cm³/mol. The lowest BCUT2D eigenvalue weighted by atomic mass is 10.1. The standard InChI is InChI=1S/C18H19FN4O3/c1-3-11(2)21-14(24)8-9-23-10-20-16-15(22-26-17(16)18(23)25)12-4-6-13(19)7-5-12/h4-7,10-11H,3,8-9H2,1-2H3,(H,21,24). The summed E-state index contributed by atoms with van der Waals surface area (Å²) >= 11 is 0. The molecular weight excluding hydrogens is 339 g/mol. The van der Waals surface area contributed by atoms with E-state index in [2.05, 4.69) is 15.5 Å². The van der Waals surface area contributed by atoms with Crippen LogP contribution in [0, 0.1) is 5.82 Å². The summed E-state index contributed by atoms with van der Waals surface area (Å²) in [7, 11) is 0. The van der Waals surface area contributed by atoms with E-state index in [0.29, 0.717) is 16.8 Å². The van der Waals surface area contributed by atoms with Crippen molar-refractivity contribution >= 4 is 17.0 Å². The van der Waals surface area contributed by atoms with Gasteiger partial charge in [0, 0.05) is 24.6 Å². The quantitative estimate of drug-likeness (QED) is 0.731. The van der Waals surface area contributed by atoms with Crippen LogP contribution in [-0.4, -0.2) is 26.7 Å². The van der Waals surface area contributed by atoms with E-state index >= 15 is 0 Å². The van der Waals surface area contributed by atoms with Crippen molar-refractivity contribution in [3.8, 4) is 11.3 Å². The van der Waals surface area contributed by atoms with Gasteiger partial charge in [0.1, 0.15) is 17.0 Å². The molecule has 136 valence electrons. The van der Waals surface area contributed by atoms with Gasteiger partial charge in [-0.2, -0.15) is 0 Å². The van der Waals surface area contributed by atoms with Gasteiger partial charge in [-0.3, -0.25) is 14.2 Å². The molecule has 0 aliphatic carbocycles. The van der Waals surface area contributed by atoms with Crippen LogP contribution in [0.4, 0.5) is 4.39 Å². The SMILES string of the molecule is CCC(C)NC(=O)CCn1cnc2c(-c3ccc(F)cc3)noc2c1=O. The summed E-state index contributed by atoms with van der Waals surface area (Å²) in [4.78, 5) is 28.6. The van der Waals surface area contributed by atoms with E-state index in [1.165, 1.54) is 23.0 Å². The maximum absolute atomic E-state index is 13.1. The van der Waals surface area contributed by atoms with Crippen LogP contribution in [0.2, 0.25) is 0 Å². The van der Waals surface area contributed by atoms with Crippen molar-refractivity contribution in [3.63, 3.8) is 0 Å². The first-order valence-electron chi connectivity index (χ1n) is 8.39. The Morgan fingerprint density at radius 1 is 1.35 bits per heavy atom. The predicted octanol–water partition coefficient (Wildman–Crippen LogP) is 2.50. The summed E-state index contributed by atoms with van der Waals surface area (Å²) in [5.74, 6) is -0.497. The Kier molecular flexibility index (Phi) is 5.11. The molecule has 0 fully saturated rings. The van der Waals surface area contributed by atoms with Gasteiger partial charge in [-0.25, -0.2) is 9.37 Å². The van der Waals surface area contributed by atoms with Gasteiger partial charge < -0.3 is 9.84 Å². The molecule has 0 saturated heterocycles. The third-order valence-corrected chi connectivity index (χ3v) is 4.17. The minimum atomic E-state index is -0.410. The summed E-state index contributed by atoms with van der Waals surface area (Å²) < 4.78 is 19.5. The smallest absolute Gasteiger partial charge is 0.299 e. The molecule has 1 amide bonds. The van der Waals surface area contributed by atoms with Gasteiger partial charge in [0.2, 0.25) is 5.91 Å². The largest absolute Gasteiger partial charge is 0.354 e. The maximum Gasteiger partial charge on any atom is 0.299 e. The minimum absolute atomic E-state index is 0.00848. The molecule has 1 N–H and O–H groups in total. The molecule has 0 saturated carbocycles. The van der Waals surface area contributed by atoms with E-state index in [0.717, 1.165) is 6.42 Å². The number of nitrogens with zero attached hydrogens (tertiary/aromatic N) is 3. The highest BCUT2D eigenvalue weighted by molar-refractivity contribution is 5.87. The topological polar surface area (TPSA) is 90.0 Å². The first-order chi connectivity index (χ1) is 12.5. The highest BCUT2D eigenvalue weighted by Crippen LogP contribution is 2.24. The van der Waals surface area contributed by atoms with Crippen molar-refractivity contribution in [1.29, 1.82) is 0 Å². The molecule has 2 aromatic heterocycles. The molecule has 1 atom stereocenters. The number of benzene rings is 1. The van der Waals surface area contributed by atoms with Gasteiger partial charge in [-0.1, -0.05) is 12.1 Å². The number of aromatic nitrogens is 3. The van der Waals surface area contributed by atoms with Crippen molar-refractivity contribution in [1.82, 2.24) is 20.0 Å². The van der Waals surface area contributed by atoms with Crippen LogP contribution in [0.3, 0.4) is 0 Å². The van der Waals surface area contributed by atoms with Gasteiger partial charge in [-0.15, -0.1) is 0 Å². The van der Waals surface area contributed by atoms with Crippen LogP contribution < -0.4 is 10.9 Å². The second-order valence-electron chi connectivity index (χ2n) is 6.09. The normalized spacial score (nSPS) is 12.3. The number of nitrogens with one attached hydrogen (secondary N) is 1. The molecule has 0 aliphatic heterocycles. The first-order valence-corrected chi connectivity index (χ1v) is 8.39. The molecule has 1 unspecified atom stereocenters. The van der Waals surface area contributed by atoms with Crippen LogP contribution in [-0.2, 0) is 11.3 Å². The number of rotatable bonds is 6. The average Bonchev–Trinajstić information content (AvgIpc) is 3.06. The number of carbonyl (C=O) groups is 1. The molecule has 7 nitrogen and oxygen atoms in total. The molecule has 0 bridgehead atoms. The molecule has 8 heteroatoms. The molecule has 3 aromatic rings. The van der Waals surface area contributed by atoms with Gasteiger partial charge in [0.05, 0.1) is 6.33 Å². The summed E-state index contributed by atoms with van der Waals surface area (Å²) in [5, 5.41) is 6.74. The van der Waals surface area contributed by atoms with Crippen molar-refractivity contribution in [2.45, 2.75) is 39.3 Å². The average molecular weight is 358 g/mol. The van der Waals surface area contributed by atoms with E-state index in [9.17, 15) is 14.0 Å². The zero-order chi connectivity index (χ0) is 18.7. The van der Waals surface area contributed by atoms with E-state index in [-0.39, 0.29) is 36.3 Å². The fourth-order valence-electron chi connectivity index (χ4n) is 2.48. The van der Waals surface area contributed by atoms with Crippen LogP contribution in [0.25, 0.3) is 22.4 Å². The van der Waals surface area contributed by atoms with Crippen molar-refractivity contribution in [3.05, 3.63) is 46.8 Å². The highest BCUT2D eigenvalue weighted by Gasteiger charge is 2.17. The molecular formula is C18H19FN4O3. The second-order valence-corrected chi connectivity index (χ2v) is 6.09. The minimum Gasteiger partial charge on any atom is -0.354 e. The molecule has 26 heavy (non-hydrogen) atoms. The van der Waals surface area contributed by atoms with E-state index < -0.39 is 5.56 Å². The van der Waals surface area contributed by atoms with Crippen LogP contribution in [0.15, 0.2) is 39.9 Å². The Morgan fingerprint density at radius 2 is 2.08 bits per heavy atom. The Balaban J connectivity index is 1.83. The highest BCUT2D eigenvalue weighted by atomic mass is 19.1. The zero-order valence-electron chi connectivity index (χ0n) is 14.5. The van der Waals surface area contributed by atoms with Crippen LogP contribution in [0.1, 0.15) is 26.7 Å². The van der Waals surface area contributed by atoms with Gasteiger partial charge in [0.15, 0.2) is 0 Å². The summed E-state index contributed by atoms with van der Waals surface area (Å²) in [6.45, 7) is 4.09. The number of amides is 1. The van der Waals surface area contributed by atoms with Gasteiger partial charge in [-0.05, 0) is 37.6 Å². The number of halogens is 1.